The van der Waals surface area contributed by atoms with Gasteiger partial charge in [0.25, 0.3) is 0 Å². The number of aliphatic hydroxyl groups is 2. The Morgan fingerprint density at radius 1 is 1.42 bits per heavy atom. The van der Waals surface area contributed by atoms with Crippen molar-refractivity contribution in [2.45, 2.75) is 37.8 Å². The Labute approximate surface area is 112 Å². The van der Waals surface area contributed by atoms with Crippen LogP contribution in [-0.2, 0) is 0 Å². The standard InChI is InChI=1S/C14H21FN2O2/c15-11-4-5-13(16-9-11)14(19)6-8-17-7-2-1-3-12(17)10-18/h4-5,9,12,14,18-19H,1-3,6-8,10H2. The van der Waals surface area contributed by atoms with E-state index in [1.807, 2.05) is 0 Å². The van der Waals surface area contributed by atoms with Gasteiger partial charge in [-0.3, -0.25) is 9.88 Å². The van der Waals surface area contributed by atoms with Gasteiger partial charge in [0, 0.05) is 12.6 Å². The van der Waals surface area contributed by atoms with Crippen molar-refractivity contribution in [1.29, 1.82) is 0 Å². The molecule has 0 aliphatic carbocycles. The fourth-order valence-corrected chi connectivity index (χ4v) is 2.58. The third-order valence-corrected chi connectivity index (χ3v) is 3.74. The van der Waals surface area contributed by atoms with E-state index < -0.39 is 11.9 Å². The molecule has 1 aliphatic rings. The van der Waals surface area contributed by atoms with Gasteiger partial charge in [-0.15, -0.1) is 0 Å². The molecule has 1 fully saturated rings. The molecule has 106 valence electrons. The highest BCUT2D eigenvalue weighted by atomic mass is 19.1. The van der Waals surface area contributed by atoms with Crippen molar-refractivity contribution >= 4 is 0 Å². The number of aromatic nitrogens is 1. The molecular formula is C14H21FN2O2. The van der Waals surface area contributed by atoms with Crippen LogP contribution in [-0.4, -0.2) is 45.8 Å². The maximum absolute atomic E-state index is 12.7. The van der Waals surface area contributed by atoms with E-state index in [1.54, 1.807) is 0 Å². The Kier molecular flexibility index (Phi) is 5.24. The average molecular weight is 268 g/mol. The van der Waals surface area contributed by atoms with Crippen LogP contribution in [0, 0.1) is 5.82 Å². The average Bonchev–Trinajstić information content (AvgIpc) is 2.45. The summed E-state index contributed by atoms with van der Waals surface area (Å²) >= 11 is 0. The first-order valence-electron chi connectivity index (χ1n) is 6.85. The molecular weight excluding hydrogens is 247 g/mol. The van der Waals surface area contributed by atoms with Crippen LogP contribution in [0.15, 0.2) is 18.3 Å². The Morgan fingerprint density at radius 3 is 2.95 bits per heavy atom. The van der Waals surface area contributed by atoms with Gasteiger partial charge in [0.05, 0.1) is 24.6 Å². The summed E-state index contributed by atoms with van der Waals surface area (Å²) in [6.07, 6.45) is 4.30. The molecule has 19 heavy (non-hydrogen) atoms. The summed E-state index contributed by atoms with van der Waals surface area (Å²) in [4.78, 5) is 6.11. The molecule has 0 spiro atoms. The van der Waals surface area contributed by atoms with Gasteiger partial charge in [0.2, 0.25) is 0 Å². The second-order valence-electron chi connectivity index (χ2n) is 5.07. The van der Waals surface area contributed by atoms with Crippen molar-refractivity contribution in [2.75, 3.05) is 19.7 Å². The third-order valence-electron chi connectivity index (χ3n) is 3.74. The number of aliphatic hydroxyl groups excluding tert-OH is 2. The van der Waals surface area contributed by atoms with E-state index in [0.29, 0.717) is 12.1 Å². The first kappa shape index (κ1) is 14.4. The number of hydrogen-bond donors (Lipinski definition) is 2. The first-order chi connectivity index (χ1) is 9.20. The molecule has 2 heterocycles. The van der Waals surface area contributed by atoms with Gasteiger partial charge in [-0.1, -0.05) is 6.42 Å². The summed E-state index contributed by atoms with van der Waals surface area (Å²) in [5, 5.41) is 19.3. The van der Waals surface area contributed by atoms with Crippen LogP contribution in [0.1, 0.15) is 37.5 Å². The van der Waals surface area contributed by atoms with Crippen molar-refractivity contribution in [1.82, 2.24) is 9.88 Å². The SMILES string of the molecule is OCC1CCCCN1CCC(O)c1ccc(F)cn1. The molecule has 1 aliphatic heterocycles. The van der Waals surface area contributed by atoms with E-state index in [9.17, 15) is 14.6 Å². The maximum Gasteiger partial charge on any atom is 0.141 e. The van der Waals surface area contributed by atoms with Gasteiger partial charge < -0.3 is 10.2 Å². The molecule has 5 heteroatoms. The second-order valence-corrected chi connectivity index (χ2v) is 5.07. The molecule has 0 saturated carbocycles. The molecule has 2 atom stereocenters. The van der Waals surface area contributed by atoms with Crippen LogP contribution in [0.3, 0.4) is 0 Å². The van der Waals surface area contributed by atoms with Gasteiger partial charge in [-0.05, 0) is 37.9 Å². The van der Waals surface area contributed by atoms with Crippen molar-refractivity contribution < 1.29 is 14.6 Å². The molecule has 1 aromatic rings. The van der Waals surface area contributed by atoms with Gasteiger partial charge in [-0.25, -0.2) is 4.39 Å². The first-order valence-corrected chi connectivity index (χ1v) is 6.85. The molecule has 0 amide bonds. The lowest BCUT2D eigenvalue weighted by atomic mass is 10.0. The maximum atomic E-state index is 12.7. The Morgan fingerprint density at radius 2 is 2.26 bits per heavy atom. The molecule has 0 radical (unpaired) electrons. The summed E-state index contributed by atoms with van der Waals surface area (Å²) in [5.41, 5.74) is 0.499. The molecule has 0 bridgehead atoms. The van der Waals surface area contributed by atoms with E-state index in [4.69, 9.17) is 0 Å². The number of likely N-dealkylation sites (tertiary alicyclic amines) is 1. The molecule has 1 aromatic heterocycles. The van der Waals surface area contributed by atoms with Crippen LogP contribution in [0.4, 0.5) is 4.39 Å². The summed E-state index contributed by atoms with van der Waals surface area (Å²) in [7, 11) is 0. The van der Waals surface area contributed by atoms with E-state index in [-0.39, 0.29) is 12.6 Å². The summed E-state index contributed by atoms with van der Waals surface area (Å²) in [6, 6.07) is 3.03. The van der Waals surface area contributed by atoms with Crippen LogP contribution < -0.4 is 0 Å². The quantitative estimate of drug-likeness (QED) is 0.849. The highest BCUT2D eigenvalue weighted by Crippen LogP contribution is 2.20. The minimum absolute atomic E-state index is 0.172. The minimum Gasteiger partial charge on any atom is -0.395 e. The monoisotopic (exact) mass is 268 g/mol. The number of nitrogens with zero attached hydrogens (tertiary/aromatic N) is 2. The normalized spacial score (nSPS) is 22.4. The molecule has 2 unspecified atom stereocenters. The minimum atomic E-state index is -0.679. The Hall–Kier alpha value is -1.04. The number of pyridine rings is 1. The summed E-state index contributed by atoms with van der Waals surface area (Å²) < 4.78 is 12.7. The van der Waals surface area contributed by atoms with Crippen LogP contribution in [0.5, 0.6) is 0 Å². The molecule has 4 nitrogen and oxygen atoms in total. The van der Waals surface area contributed by atoms with Crippen molar-refractivity contribution in [3.63, 3.8) is 0 Å². The lowest BCUT2D eigenvalue weighted by molar-refractivity contribution is 0.0688. The number of rotatable bonds is 5. The number of hydrogen-bond acceptors (Lipinski definition) is 4. The molecule has 1 saturated heterocycles. The Balaban J connectivity index is 1.85. The lowest BCUT2D eigenvalue weighted by Crippen LogP contribution is -2.42. The van der Waals surface area contributed by atoms with Crippen LogP contribution in [0.25, 0.3) is 0 Å². The third kappa shape index (κ3) is 3.96. The van der Waals surface area contributed by atoms with Crippen LogP contribution in [0.2, 0.25) is 0 Å². The Bertz CT molecular complexity index is 386. The molecule has 2 rings (SSSR count). The van der Waals surface area contributed by atoms with Gasteiger partial charge in [-0.2, -0.15) is 0 Å². The highest BCUT2D eigenvalue weighted by Gasteiger charge is 2.22. The lowest BCUT2D eigenvalue weighted by Gasteiger charge is -2.34. The molecule has 2 N–H and O–H groups in total. The summed E-state index contributed by atoms with van der Waals surface area (Å²) in [5.74, 6) is -0.396. The summed E-state index contributed by atoms with van der Waals surface area (Å²) in [6.45, 7) is 1.87. The number of piperidine rings is 1. The van der Waals surface area contributed by atoms with E-state index in [0.717, 1.165) is 38.5 Å². The smallest absolute Gasteiger partial charge is 0.141 e. The van der Waals surface area contributed by atoms with Crippen LogP contribution >= 0.6 is 0 Å². The zero-order chi connectivity index (χ0) is 13.7. The fourth-order valence-electron chi connectivity index (χ4n) is 2.58. The van der Waals surface area contributed by atoms with Gasteiger partial charge in [0.1, 0.15) is 5.82 Å². The van der Waals surface area contributed by atoms with E-state index >= 15 is 0 Å². The van der Waals surface area contributed by atoms with E-state index in [1.165, 1.54) is 12.1 Å². The fraction of sp³-hybridized carbons (Fsp3) is 0.643. The largest absolute Gasteiger partial charge is 0.395 e. The highest BCUT2D eigenvalue weighted by molar-refractivity contribution is 5.08. The van der Waals surface area contributed by atoms with Crippen molar-refractivity contribution in [3.05, 3.63) is 29.8 Å². The predicted octanol–water partition coefficient (Wildman–Crippen LogP) is 1.49. The number of halogens is 1. The predicted molar refractivity (Wildman–Crippen MR) is 70.1 cm³/mol. The molecule has 0 aromatic carbocycles. The van der Waals surface area contributed by atoms with Crippen molar-refractivity contribution in [3.8, 4) is 0 Å². The zero-order valence-electron chi connectivity index (χ0n) is 11.0. The van der Waals surface area contributed by atoms with Gasteiger partial charge >= 0.3 is 0 Å². The topological polar surface area (TPSA) is 56.6 Å². The van der Waals surface area contributed by atoms with Gasteiger partial charge in [0.15, 0.2) is 0 Å². The second kappa shape index (κ2) is 6.93. The van der Waals surface area contributed by atoms with Crippen molar-refractivity contribution in [2.24, 2.45) is 0 Å². The van der Waals surface area contributed by atoms with E-state index in [2.05, 4.69) is 9.88 Å². The zero-order valence-corrected chi connectivity index (χ0v) is 11.0.